The summed E-state index contributed by atoms with van der Waals surface area (Å²) in [5.41, 5.74) is 0.521. The van der Waals surface area contributed by atoms with Crippen LogP contribution in [0.3, 0.4) is 0 Å². The van der Waals surface area contributed by atoms with Crippen molar-refractivity contribution >= 4 is 71.2 Å². The summed E-state index contributed by atoms with van der Waals surface area (Å²) in [5, 5.41) is 40.9. The molecule has 3 rings (SSSR count). The molecule has 2 aromatic rings. The van der Waals surface area contributed by atoms with Gasteiger partial charge in [-0.1, -0.05) is 23.8 Å². The fourth-order valence-corrected chi connectivity index (χ4v) is 5.67. The van der Waals surface area contributed by atoms with E-state index in [1.165, 1.54) is 0 Å². The van der Waals surface area contributed by atoms with Gasteiger partial charge in [0.15, 0.2) is 0 Å². The number of carbonyl (C=O) groups is 12. The fourth-order valence-electron chi connectivity index (χ4n) is 5.67. The van der Waals surface area contributed by atoms with E-state index in [1.807, 2.05) is 13.0 Å². The Morgan fingerprint density at radius 1 is 0.590 bits per heavy atom. The molecule has 1 aliphatic heterocycles. The summed E-state index contributed by atoms with van der Waals surface area (Å²) in [5.74, 6) is -14.4. The second-order valence-corrected chi connectivity index (χ2v) is 13.4. The second kappa shape index (κ2) is 22.4. The maximum absolute atomic E-state index is 13.5. The van der Waals surface area contributed by atoms with Crippen LogP contribution < -0.4 is 5.32 Å². The Morgan fingerprint density at radius 2 is 1.05 bits per heavy atom. The smallest absolute Gasteiger partial charge is 0.363 e. The average Bonchev–Trinajstić information content (AvgIpc) is 3.50. The highest BCUT2D eigenvalue weighted by atomic mass is 16.7. The zero-order valence-corrected chi connectivity index (χ0v) is 32.6. The van der Waals surface area contributed by atoms with Crippen molar-refractivity contribution in [2.75, 3.05) is 58.9 Å². The number of aliphatic carboxylic acids is 4. The predicted molar refractivity (Wildman–Crippen MR) is 202 cm³/mol. The van der Waals surface area contributed by atoms with E-state index in [1.54, 1.807) is 18.2 Å². The number of nitrogens with one attached hydrogen (secondary N) is 1. The Balaban J connectivity index is 1.72. The predicted octanol–water partition coefficient (Wildman–Crippen LogP) is -1.31. The van der Waals surface area contributed by atoms with Crippen LogP contribution in [0.2, 0.25) is 0 Å². The van der Waals surface area contributed by atoms with Crippen LogP contribution in [0.1, 0.15) is 62.3 Å². The van der Waals surface area contributed by atoms with Crippen molar-refractivity contribution in [1.29, 1.82) is 0 Å². The monoisotopic (exact) mass is 854 g/mol. The molecule has 0 unspecified atom stereocenters. The van der Waals surface area contributed by atoms with Crippen LogP contribution >= 0.6 is 0 Å². The fraction of sp³-hybridized carbons (Fsp3) is 0.368. The van der Waals surface area contributed by atoms with Crippen molar-refractivity contribution in [2.45, 2.75) is 32.6 Å². The van der Waals surface area contributed by atoms with Gasteiger partial charge in [-0.05, 0) is 50.1 Å². The number of carboxylic acid groups (broad SMARTS) is 4. The van der Waals surface area contributed by atoms with Gasteiger partial charge < -0.3 is 50.2 Å². The van der Waals surface area contributed by atoms with Crippen molar-refractivity contribution in [1.82, 2.24) is 30.0 Å². The second-order valence-electron chi connectivity index (χ2n) is 13.4. The minimum absolute atomic E-state index is 0.153. The number of amides is 7. The topological polar surface area (TPSA) is 323 Å². The van der Waals surface area contributed by atoms with Crippen molar-refractivity contribution in [3.63, 3.8) is 0 Å². The molecule has 1 saturated heterocycles. The normalized spacial score (nSPS) is 11.9. The molecule has 0 aromatic heterocycles. The molecule has 2 aromatic carbocycles. The molecule has 326 valence electrons. The molecular weight excluding hydrogens is 812 g/mol. The van der Waals surface area contributed by atoms with Gasteiger partial charge in [0.05, 0.1) is 5.56 Å². The van der Waals surface area contributed by atoms with Gasteiger partial charge in [0.25, 0.3) is 23.6 Å². The van der Waals surface area contributed by atoms with Crippen LogP contribution in [-0.2, 0) is 48.0 Å². The number of imide groups is 1. The number of hydrogen-bond acceptors (Lipinski definition) is 13. The Labute approximate surface area is 346 Å². The van der Waals surface area contributed by atoms with Gasteiger partial charge in [-0.3, -0.25) is 52.7 Å². The number of carboxylic acids is 4. The van der Waals surface area contributed by atoms with Crippen molar-refractivity contribution in [3.8, 4) is 0 Å². The molecule has 1 aliphatic rings. The molecule has 0 aliphatic carbocycles. The molecule has 23 nitrogen and oxygen atoms in total. The van der Waals surface area contributed by atoms with Crippen molar-refractivity contribution in [3.05, 3.63) is 70.8 Å². The van der Waals surface area contributed by atoms with Gasteiger partial charge in [-0.2, -0.15) is 0 Å². The molecule has 0 atom stereocenters. The van der Waals surface area contributed by atoms with Crippen molar-refractivity contribution < 1.29 is 82.8 Å². The van der Waals surface area contributed by atoms with E-state index < -0.39 is 117 Å². The van der Waals surface area contributed by atoms with Crippen LogP contribution in [-0.4, -0.2) is 175 Å². The van der Waals surface area contributed by atoms with E-state index in [2.05, 4.69) is 5.32 Å². The average molecular weight is 855 g/mol. The van der Waals surface area contributed by atoms with Crippen LogP contribution in [0.5, 0.6) is 0 Å². The Hall–Kier alpha value is -7.72. The van der Waals surface area contributed by atoms with Crippen molar-refractivity contribution in [2.24, 2.45) is 0 Å². The third-order valence-corrected chi connectivity index (χ3v) is 8.57. The quantitative estimate of drug-likeness (QED) is 0.0640. The molecule has 0 saturated carbocycles. The third kappa shape index (κ3) is 15.2. The Morgan fingerprint density at radius 3 is 1.59 bits per heavy atom. The minimum atomic E-state index is -1.69. The number of unbranched alkanes of at least 4 members (excludes halogenated alkanes) is 1. The largest absolute Gasteiger partial charge is 0.480 e. The number of benzene rings is 2. The van der Waals surface area contributed by atoms with E-state index >= 15 is 0 Å². The molecule has 1 fully saturated rings. The molecular formula is C38H42N6O17. The maximum Gasteiger partial charge on any atom is 0.363 e. The zero-order chi connectivity index (χ0) is 45.4. The van der Waals surface area contributed by atoms with Crippen LogP contribution in [0.25, 0.3) is 0 Å². The van der Waals surface area contributed by atoms with Crippen LogP contribution in [0.15, 0.2) is 48.5 Å². The number of aryl methyl sites for hydroxylation is 1. The number of hydrogen-bond donors (Lipinski definition) is 5. The van der Waals surface area contributed by atoms with E-state index in [9.17, 15) is 78.0 Å². The van der Waals surface area contributed by atoms with E-state index in [0.717, 1.165) is 34.7 Å². The van der Waals surface area contributed by atoms with Crippen LogP contribution in [0.4, 0.5) is 0 Å². The molecule has 1 heterocycles. The molecule has 5 N–H and O–H groups in total. The summed E-state index contributed by atoms with van der Waals surface area (Å²) in [6.45, 7) is -6.04. The highest BCUT2D eigenvalue weighted by Gasteiger charge is 2.34. The first kappa shape index (κ1) is 47.7. The lowest BCUT2D eigenvalue weighted by Gasteiger charge is -2.29. The van der Waals surface area contributed by atoms with Crippen LogP contribution in [0, 0.1) is 6.92 Å². The number of rotatable bonds is 23. The van der Waals surface area contributed by atoms with Gasteiger partial charge in [0, 0.05) is 37.1 Å². The van der Waals surface area contributed by atoms with Gasteiger partial charge in [0.2, 0.25) is 17.7 Å². The van der Waals surface area contributed by atoms with E-state index in [-0.39, 0.29) is 55.3 Å². The summed E-state index contributed by atoms with van der Waals surface area (Å²) in [7, 11) is 0. The summed E-state index contributed by atoms with van der Waals surface area (Å²) in [4.78, 5) is 156. The van der Waals surface area contributed by atoms with Gasteiger partial charge >= 0.3 is 29.8 Å². The van der Waals surface area contributed by atoms with E-state index in [4.69, 9.17) is 4.84 Å². The number of carbonyl (C=O) groups excluding carboxylic acids is 8. The van der Waals surface area contributed by atoms with Gasteiger partial charge in [-0.15, -0.1) is 5.06 Å². The van der Waals surface area contributed by atoms with Gasteiger partial charge in [0.1, 0.15) is 45.8 Å². The first-order valence-corrected chi connectivity index (χ1v) is 18.3. The lowest BCUT2D eigenvalue weighted by molar-refractivity contribution is -0.172. The summed E-state index contributed by atoms with van der Waals surface area (Å²) >= 11 is 0. The lowest BCUT2D eigenvalue weighted by atomic mass is 10.1. The first-order chi connectivity index (χ1) is 28.7. The molecule has 23 heteroatoms. The molecule has 0 spiro atoms. The number of nitrogens with zero attached hydrogens (tertiary/aromatic N) is 5. The highest BCUT2D eigenvalue weighted by molar-refractivity contribution is 6.04. The van der Waals surface area contributed by atoms with E-state index in [0.29, 0.717) is 20.3 Å². The maximum atomic E-state index is 13.5. The van der Waals surface area contributed by atoms with Gasteiger partial charge in [-0.25, -0.2) is 4.79 Å². The highest BCUT2D eigenvalue weighted by Crippen LogP contribution is 2.16. The Bertz CT molecular complexity index is 2070. The zero-order valence-electron chi connectivity index (χ0n) is 32.6. The molecule has 7 amide bonds. The summed E-state index contributed by atoms with van der Waals surface area (Å²) < 4.78 is 0. The third-order valence-electron chi connectivity index (χ3n) is 8.57. The molecule has 61 heavy (non-hydrogen) atoms. The Kier molecular flexibility index (Phi) is 17.5. The summed E-state index contributed by atoms with van der Waals surface area (Å²) in [6, 6.07) is 11.1. The minimum Gasteiger partial charge on any atom is -0.480 e. The standard InChI is InChI=1S/C38H42N6O17/c1-23-6-4-7-24(14-23)36(58)39-12-2-3-13-40(19-32(50)51)29(47)16-41(20-33(52)53)30(48)17-42(21-34(54)55)31(49)18-43(22-35(56)57)37(59)25-8-5-9-26(15-25)38(60)61-44-27(45)10-11-28(44)46/h4-9,14-15H,2-3,10-13,16-22H2,1H3,(H,39,58)(H,50,51)(H,52,53)(H,54,55)(H,56,57). The number of hydroxylamine groups is 2. The lowest BCUT2D eigenvalue weighted by Crippen LogP contribution is -2.52. The summed E-state index contributed by atoms with van der Waals surface area (Å²) in [6.07, 6.45) is 0.0535. The SMILES string of the molecule is Cc1cccc(C(=O)NCCCCN(CC(=O)O)C(=O)CN(CC(=O)O)C(=O)CN(CC(=O)O)C(=O)CN(CC(=O)O)C(=O)c2cccc(C(=O)ON3C(=O)CCC3=O)c2)c1. The molecule has 0 radical (unpaired) electrons. The first-order valence-electron chi connectivity index (χ1n) is 18.3. The molecule has 0 bridgehead atoms.